The molecule has 0 fully saturated rings. The molecule has 0 aliphatic carbocycles. The molecule has 0 bridgehead atoms. The minimum atomic E-state index is -0.413. The Morgan fingerprint density at radius 3 is 2.26 bits per heavy atom. The van der Waals surface area contributed by atoms with Crippen molar-refractivity contribution in [3.05, 3.63) is 24.3 Å². The van der Waals surface area contributed by atoms with Gasteiger partial charge in [0.05, 0.1) is 34.2 Å². The van der Waals surface area contributed by atoms with Crippen LogP contribution in [0.5, 0.6) is 0 Å². The molecule has 0 aliphatic rings. The lowest BCUT2D eigenvalue weighted by Gasteiger charge is -2.28. The van der Waals surface area contributed by atoms with Gasteiger partial charge < -0.3 is 15.1 Å². The fourth-order valence-corrected chi connectivity index (χ4v) is 1.71. The minimum absolute atomic E-state index is 0.413. The highest BCUT2D eigenvalue weighted by atomic mass is 16.2. The molecule has 19 heavy (non-hydrogen) atoms. The summed E-state index contributed by atoms with van der Waals surface area (Å²) in [6, 6.07) is 7.41. The number of urea groups is 1. The van der Waals surface area contributed by atoms with Crippen molar-refractivity contribution in [3.8, 4) is 0 Å². The second-order valence-electron chi connectivity index (χ2n) is 5.92. The van der Waals surface area contributed by atoms with Gasteiger partial charge in [-0.15, -0.1) is 0 Å². The number of amides is 2. The molecule has 2 N–H and O–H groups in total. The first kappa shape index (κ1) is 15.3. The Morgan fingerprint density at radius 1 is 1.21 bits per heavy atom. The molecule has 0 atom stereocenters. The van der Waals surface area contributed by atoms with Crippen molar-refractivity contribution >= 4 is 17.4 Å². The Balaban J connectivity index is 2.93. The normalized spacial score (nSPS) is 11.2. The summed E-state index contributed by atoms with van der Waals surface area (Å²) in [5, 5.41) is 0. The van der Waals surface area contributed by atoms with E-state index in [1.165, 1.54) is 0 Å². The summed E-state index contributed by atoms with van der Waals surface area (Å²) in [5.74, 6) is 0. The molecule has 2 amide bonds. The second kappa shape index (κ2) is 5.93. The van der Waals surface area contributed by atoms with Crippen LogP contribution < -0.4 is 15.5 Å². The number of hydrogen-bond donors (Lipinski definition) is 1. The summed E-state index contributed by atoms with van der Waals surface area (Å²) in [6.07, 6.45) is 0. The highest BCUT2D eigenvalue weighted by Crippen LogP contribution is 2.21. The van der Waals surface area contributed by atoms with Gasteiger partial charge in [-0.1, -0.05) is 6.07 Å². The van der Waals surface area contributed by atoms with Crippen LogP contribution in [0.3, 0.4) is 0 Å². The maximum Gasteiger partial charge on any atom is 0.319 e. The first-order chi connectivity index (χ1) is 8.70. The first-order valence-corrected chi connectivity index (χ1v) is 6.35. The number of primary amides is 1. The van der Waals surface area contributed by atoms with Crippen LogP contribution in [-0.4, -0.2) is 58.8 Å². The van der Waals surface area contributed by atoms with Gasteiger partial charge in [0, 0.05) is 25.5 Å². The number of carbonyl (C=O) groups is 1. The Hall–Kier alpha value is -1.75. The third-order valence-corrected chi connectivity index (χ3v) is 2.92. The predicted octanol–water partition coefficient (Wildman–Crippen LogP) is 1.34. The summed E-state index contributed by atoms with van der Waals surface area (Å²) in [5.41, 5.74) is 7.38. The molecule has 0 radical (unpaired) electrons. The summed E-state index contributed by atoms with van der Waals surface area (Å²) in [6.45, 7) is 1.45. The topological polar surface area (TPSA) is 49.6 Å². The maximum atomic E-state index is 11.6. The van der Waals surface area contributed by atoms with Gasteiger partial charge in [0.1, 0.15) is 0 Å². The van der Waals surface area contributed by atoms with Crippen molar-refractivity contribution in [2.24, 2.45) is 5.73 Å². The van der Waals surface area contributed by atoms with Crippen LogP contribution in [0, 0.1) is 0 Å². The van der Waals surface area contributed by atoms with E-state index >= 15 is 0 Å². The molecule has 0 heterocycles. The average Bonchev–Trinajstić information content (AvgIpc) is 2.27. The minimum Gasteiger partial charge on any atom is -0.378 e. The Bertz CT molecular complexity index is 437. The molecular weight excluding hydrogens is 240 g/mol. The van der Waals surface area contributed by atoms with E-state index in [-0.39, 0.29) is 0 Å². The van der Waals surface area contributed by atoms with E-state index < -0.39 is 6.03 Å². The van der Waals surface area contributed by atoms with Gasteiger partial charge in [0.15, 0.2) is 0 Å². The molecule has 1 aromatic rings. The van der Waals surface area contributed by atoms with Gasteiger partial charge in [-0.2, -0.15) is 0 Å². The van der Waals surface area contributed by atoms with Gasteiger partial charge in [-0.05, 0) is 18.2 Å². The molecule has 5 heteroatoms. The molecule has 0 saturated carbocycles. The number of likely N-dealkylation sites (N-methyl/N-ethyl adjacent to an activating group) is 1. The van der Waals surface area contributed by atoms with Crippen molar-refractivity contribution in [1.29, 1.82) is 0 Å². The molecule has 0 aromatic heterocycles. The molecule has 106 valence electrons. The standard InChI is InChI=1S/C14H24N4O/c1-16(2)12-7-6-8-13(11-12)17(14(15)19)9-10-18(3,4)5/h6-8,11H,9-10H2,1-5H3,(H-,15,19)/p+1. The number of carbonyl (C=O) groups excluding carboxylic acids is 1. The van der Waals surface area contributed by atoms with Crippen molar-refractivity contribution in [2.75, 3.05) is 58.1 Å². The number of rotatable bonds is 5. The maximum absolute atomic E-state index is 11.6. The largest absolute Gasteiger partial charge is 0.378 e. The van der Waals surface area contributed by atoms with Gasteiger partial charge in [-0.25, -0.2) is 4.79 Å². The summed E-state index contributed by atoms with van der Waals surface area (Å²) in [7, 11) is 10.2. The molecule has 5 nitrogen and oxygen atoms in total. The van der Waals surface area contributed by atoms with Crippen molar-refractivity contribution in [3.63, 3.8) is 0 Å². The number of anilines is 2. The third kappa shape index (κ3) is 4.79. The number of nitrogens with zero attached hydrogens (tertiary/aromatic N) is 3. The first-order valence-electron chi connectivity index (χ1n) is 6.35. The molecule has 0 spiro atoms. The molecule has 1 rings (SSSR count). The molecule has 0 unspecified atom stereocenters. The smallest absolute Gasteiger partial charge is 0.319 e. The van der Waals surface area contributed by atoms with Crippen LogP contribution in [0.1, 0.15) is 0 Å². The van der Waals surface area contributed by atoms with Crippen LogP contribution in [0.2, 0.25) is 0 Å². The third-order valence-electron chi connectivity index (χ3n) is 2.92. The van der Waals surface area contributed by atoms with Gasteiger partial charge in [0.25, 0.3) is 0 Å². The lowest BCUT2D eigenvalue weighted by atomic mass is 10.2. The Labute approximate surface area is 115 Å². The summed E-state index contributed by atoms with van der Waals surface area (Å²) < 4.78 is 0.789. The quantitative estimate of drug-likeness (QED) is 0.817. The van der Waals surface area contributed by atoms with Crippen molar-refractivity contribution in [1.82, 2.24) is 0 Å². The van der Waals surface area contributed by atoms with Gasteiger partial charge >= 0.3 is 6.03 Å². The average molecular weight is 265 g/mol. The van der Waals surface area contributed by atoms with Crippen molar-refractivity contribution in [2.45, 2.75) is 0 Å². The SMILES string of the molecule is CN(C)c1cccc(N(CC[N+](C)(C)C)C(N)=O)c1. The van der Waals surface area contributed by atoms with Crippen LogP contribution >= 0.6 is 0 Å². The van der Waals surface area contributed by atoms with Crippen LogP contribution in [-0.2, 0) is 0 Å². The lowest BCUT2D eigenvalue weighted by Crippen LogP contribution is -2.45. The van der Waals surface area contributed by atoms with Crippen LogP contribution in [0.4, 0.5) is 16.2 Å². The van der Waals surface area contributed by atoms with Crippen molar-refractivity contribution < 1.29 is 9.28 Å². The van der Waals surface area contributed by atoms with E-state index in [1.54, 1.807) is 4.90 Å². The van der Waals surface area contributed by atoms with E-state index in [2.05, 4.69) is 21.1 Å². The predicted molar refractivity (Wildman–Crippen MR) is 80.6 cm³/mol. The Morgan fingerprint density at radius 2 is 1.79 bits per heavy atom. The zero-order valence-corrected chi connectivity index (χ0v) is 12.6. The van der Waals surface area contributed by atoms with E-state index in [0.717, 1.165) is 22.4 Å². The number of nitrogens with two attached hydrogens (primary N) is 1. The molecule has 0 saturated heterocycles. The van der Waals surface area contributed by atoms with E-state index in [1.807, 2.05) is 43.3 Å². The molecule has 1 aromatic carbocycles. The zero-order valence-electron chi connectivity index (χ0n) is 12.6. The zero-order chi connectivity index (χ0) is 14.6. The van der Waals surface area contributed by atoms with Crippen LogP contribution in [0.25, 0.3) is 0 Å². The van der Waals surface area contributed by atoms with E-state index in [4.69, 9.17) is 5.73 Å². The van der Waals surface area contributed by atoms with Gasteiger partial charge in [0.2, 0.25) is 0 Å². The highest BCUT2D eigenvalue weighted by Gasteiger charge is 2.17. The number of benzene rings is 1. The van der Waals surface area contributed by atoms with Crippen LogP contribution in [0.15, 0.2) is 24.3 Å². The molecule has 0 aliphatic heterocycles. The van der Waals surface area contributed by atoms with E-state index in [9.17, 15) is 4.79 Å². The Kier molecular flexibility index (Phi) is 4.78. The fraction of sp³-hybridized carbons (Fsp3) is 0.500. The summed E-state index contributed by atoms with van der Waals surface area (Å²) in [4.78, 5) is 15.2. The monoisotopic (exact) mass is 265 g/mol. The molecular formula is C14H25N4O+. The lowest BCUT2D eigenvalue weighted by molar-refractivity contribution is -0.868. The second-order valence-corrected chi connectivity index (χ2v) is 5.92. The highest BCUT2D eigenvalue weighted by molar-refractivity contribution is 5.91. The number of quaternary nitrogens is 1. The van der Waals surface area contributed by atoms with Gasteiger partial charge in [-0.3, -0.25) is 4.90 Å². The summed E-state index contributed by atoms with van der Waals surface area (Å²) >= 11 is 0. The fourth-order valence-electron chi connectivity index (χ4n) is 1.71. The number of hydrogen-bond acceptors (Lipinski definition) is 2. The van der Waals surface area contributed by atoms with E-state index in [0.29, 0.717) is 6.54 Å².